The minimum atomic E-state index is 0.198. The van der Waals surface area contributed by atoms with Crippen molar-refractivity contribution in [3.05, 3.63) is 50.9 Å². The fourth-order valence-corrected chi connectivity index (χ4v) is 1.70. The second-order valence-corrected chi connectivity index (χ2v) is 4.57. The van der Waals surface area contributed by atoms with Crippen molar-refractivity contribution in [3.63, 3.8) is 0 Å². The maximum absolute atomic E-state index is 5.69. The van der Waals surface area contributed by atoms with Crippen molar-refractivity contribution < 1.29 is 4.74 Å². The molecule has 2 rings (SSSR count). The van der Waals surface area contributed by atoms with Crippen LogP contribution in [0.3, 0.4) is 0 Å². The fourth-order valence-electron chi connectivity index (χ4n) is 1.16. The summed E-state index contributed by atoms with van der Waals surface area (Å²) in [4.78, 5) is 7.87. The molecule has 5 heteroatoms. The number of rotatable bonds is 3. The van der Waals surface area contributed by atoms with Gasteiger partial charge in [0.2, 0.25) is 11.2 Å². The highest BCUT2D eigenvalue weighted by Crippen LogP contribution is 2.19. The molecule has 0 N–H and O–H groups in total. The second kappa shape index (κ2) is 5.45. The summed E-state index contributed by atoms with van der Waals surface area (Å²) in [6, 6.07) is 9.90. The predicted octanol–water partition coefficient (Wildman–Crippen LogP) is 3.31. The molecule has 16 heavy (non-hydrogen) atoms. The van der Waals surface area contributed by atoms with Gasteiger partial charge in [0.05, 0.1) is 3.57 Å². The third kappa shape index (κ3) is 3.05. The molecule has 0 unspecified atom stereocenters. The van der Waals surface area contributed by atoms with Crippen LogP contribution in [0.5, 0.6) is 5.88 Å². The average Bonchev–Trinajstić information content (AvgIpc) is 2.32. The van der Waals surface area contributed by atoms with E-state index in [1.165, 1.54) is 0 Å². The van der Waals surface area contributed by atoms with E-state index in [4.69, 9.17) is 16.3 Å². The molecular weight excluding hydrogens is 338 g/mol. The molecule has 2 aromatic rings. The molecular formula is C11H8ClIN2O. The van der Waals surface area contributed by atoms with Crippen molar-refractivity contribution in [2.75, 3.05) is 0 Å². The summed E-state index contributed by atoms with van der Waals surface area (Å²) >= 11 is 7.80. The molecule has 0 aliphatic rings. The summed E-state index contributed by atoms with van der Waals surface area (Å²) in [5.74, 6) is 0.518. The van der Waals surface area contributed by atoms with Gasteiger partial charge in [0.25, 0.3) is 0 Å². The van der Waals surface area contributed by atoms with Gasteiger partial charge in [0.1, 0.15) is 6.61 Å². The molecule has 1 aromatic heterocycles. The van der Waals surface area contributed by atoms with Crippen LogP contribution in [0, 0.1) is 3.57 Å². The molecule has 0 radical (unpaired) electrons. The molecule has 82 valence electrons. The highest BCUT2D eigenvalue weighted by atomic mass is 127. The van der Waals surface area contributed by atoms with E-state index in [1.54, 1.807) is 6.20 Å². The number of hydrogen-bond donors (Lipinski definition) is 0. The van der Waals surface area contributed by atoms with Crippen LogP contribution in [-0.4, -0.2) is 9.97 Å². The summed E-state index contributed by atoms with van der Waals surface area (Å²) in [5, 5.41) is 0.198. The lowest BCUT2D eigenvalue weighted by Crippen LogP contribution is -2.00. The van der Waals surface area contributed by atoms with Crippen LogP contribution < -0.4 is 4.74 Å². The van der Waals surface area contributed by atoms with E-state index in [0.29, 0.717) is 12.5 Å². The molecule has 0 spiro atoms. The van der Waals surface area contributed by atoms with Crippen LogP contribution in [0.2, 0.25) is 5.28 Å². The third-order valence-electron chi connectivity index (χ3n) is 1.90. The Labute approximate surface area is 112 Å². The van der Waals surface area contributed by atoms with Gasteiger partial charge in [0.15, 0.2) is 0 Å². The zero-order valence-electron chi connectivity index (χ0n) is 8.23. The molecule has 1 heterocycles. The Balaban J connectivity index is 2.08. The van der Waals surface area contributed by atoms with Crippen molar-refractivity contribution >= 4 is 34.2 Å². The van der Waals surface area contributed by atoms with Crippen LogP contribution >= 0.6 is 34.2 Å². The predicted molar refractivity (Wildman–Crippen MR) is 70.5 cm³/mol. The molecule has 0 amide bonds. The van der Waals surface area contributed by atoms with Crippen molar-refractivity contribution in [1.29, 1.82) is 0 Å². The monoisotopic (exact) mass is 346 g/mol. The normalized spacial score (nSPS) is 10.1. The van der Waals surface area contributed by atoms with E-state index in [1.807, 2.05) is 30.3 Å². The van der Waals surface area contributed by atoms with E-state index < -0.39 is 0 Å². The Hall–Kier alpha value is -0.880. The summed E-state index contributed by atoms with van der Waals surface area (Å²) in [5.41, 5.74) is 1.09. The maximum Gasteiger partial charge on any atom is 0.231 e. The Bertz CT molecular complexity index is 479. The maximum atomic E-state index is 5.69. The molecule has 0 atom stereocenters. The first kappa shape index (κ1) is 11.6. The molecule has 0 aliphatic carbocycles. The number of benzene rings is 1. The molecule has 0 fully saturated rings. The van der Waals surface area contributed by atoms with Crippen molar-refractivity contribution in [3.8, 4) is 5.88 Å². The van der Waals surface area contributed by atoms with Crippen LogP contribution in [0.25, 0.3) is 0 Å². The molecule has 0 saturated carbocycles. The molecule has 0 bridgehead atoms. The second-order valence-electron chi connectivity index (χ2n) is 3.07. The first-order chi connectivity index (χ1) is 7.75. The van der Waals surface area contributed by atoms with E-state index in [0.717, 1.165) is 9.13 Å². The molecule has 0 saturated heterocycles. The Morgan fingerprint density at radius 2 is 2.00 bits per heavy atom. The minimum absolute atomic E-state index is 0.198. The Morgan fingerprint density at radius 1 is 1.25 bits per heavy atom. The number of aromatic nitrogens is 2. The highest BCUT2D eigenvalue weighted by molar-refractivity contribution is 14.1. The standard InChI is InChI=1S/C11H8ClIN2O/c12-11-14-6-9(13)10(15-11)16-7-8-4-2-1-3-5-8/h1-6H,7H2. The van der Waals surface area contributed by atoms with Crippen LogP contribution in [0.1, 0.15) is 5.56 Å². The van der Waals surface area contributed by atoms with Gasteiger partial charge >= 0.3 is 0 Å². The van der Waals surface area contributed by atoms with Gasteiger partial charge in [-0.15, -0.1) is 0 Å². The van der Waals surface area contributed by atoms with Gasteiger partial charge in [-0.2, -0.15) is 4.98 Å². The summed E-state index contributed by atoms with van der Waals surface area (Å²) < 4.78 is 6.41. The quantitative estimate of drug-likeness (QED) is 0.632. The number of halogens is 2. The lowest BCUT2D eigenvalue weighted by molar-refractivity contribution is 0.291. The Morgan fingerprint density at radius 3 is 2.75 bits per heavy atom. The van der Waals surface area contributed by atoms with Gasteiger partial charge in [-0.25, -0.2) is 4.98 Å². The van der Waals surface area contributed by atoms with Crippen LogP contribution in [-0.2, 0) is 6.61 Å². The van der Waals surface area contributed by atoms with Gasteiger partial charge in [0, 0.05) is 6.20 Å². The number of ether oxygens (including phenoxy) is 1. The zero-order chi connectivity index (χ0) is 11.4. The van der Waals surface area contributed by atoms with Gasteiger partial charge in [-0.1, -0.05) is 30.3 Å². The summed E-state index contributed by atoms with van der Waals surface area (Å²) in [6.45, 7) is 0.476. The minimum Gasteiger partial charge on any atom is -0.472 e. The lowest BCUT2D eigenvalue weighted by Gasteiger charge is -2.06. The van der Waals surface area contributed by atoms with Crippen molar-refractivity contribution in [2.24, 2.45) is 0 Å². The van der Waals surface area contributed by atoms with Crippen LogP contribution in [0.15, 0.2) is 36.5 Å². The van der Waals surface area contributed by atoms with Gasteiger partial charge in [-0.3, -0.25) is 0 Å². The summed E-state index contributed by atoms with van der Waals surface area (Å²) in [6.07, 6.45) is 1.64. The highest BCUT2D eigenvalue weighted by Gasteiger charge is 2.04. The van der Waals surface area contributed by atoms with Crippen molar-refractivity contribution in [2.45, 2.75) is 6.61 Å². The Kier molecular flexibility index (Phi) is 3.95. The van der Waals surface area contributed by atoms with Gasteiger partial charge in [-0.05, 0) is 39.8 Å². The number of nitrogens with zero attached hydrogens (tertiary/aromatic N) is 2. The number of hydrogen-bond acceptors (Lipinski definition) is 3. The fraction of sp³-hybridized carbons (Fsp3) is 0.0909. The van der Waals surface area contributed by atoms with Gasteiger partial charge < -0.3 is 4.74 Å². The first-order valence-corrected chi connectivity index (χ1v) is 6.06. The SMILES string of the molecule is Clc1ncc(I)c(OCc2ccccc2)n1. The van der Waals surface area contributed by atoms with Crippen molar-refractivity contribution in [1.82, 2.24) is 9.97 Å². The third-order valence-corrected chi connectivity index (χ3v) is 2.82. The van der Waals surface area contributed by atoms with E-state index in [9.17, 15) is 0 Å². The topological polar surface area (TPSA) is 35.0 Å². The van der Waals surface area contributed by atoms with E-state index in [2.05, 4.69) is 32.6 Å². The molecule has 1 aromatic carbocycles. The smallest absolute Gasteiger partial charge is 0.231 e. The largest absolute Gasteiger partial charge is 0.472 e. The molecule has 3 nitrogen and oxygen atoms in total. The van der Waals surface area contributed by atoms with Crippen LogP contribution in [0.4, 0.5) is 0 Å². The average molecular weight is 347 g/mol. The first-order valence-electron chi connectivity index (χ1n) is 4.60. The summed E-state index contributed by atoms with van der Waals surface area (Å²) in [7, 11) is 0. The zero-order valence-corrected chi connectivity index (χ0v) is 11.1. The lowest BCUT2D eigenvalue weighted by atomic mass is 10.2. The molecule has 0 aliphatic heterocycles. The van der Waals surface area contributed by atoms with E-state index >= 15 is 0 Å². The van der Waals surface area contributed by atoms with E-state index in [-0.39, 0.29) is 5.28 Å².